The van der Waals surface area contributed by atoms with Crippen LogP contribution in [0.2, 0.25) is 5.02 Å². The normalized spacial score (nSPS) is 23.8. The lowest BCUT2D eigenvalue weighted by atomic mass is 9.97. The topological polar surface area (TPSA) is 259 Å². The van der Waals surface area contributed by atoms with Gasteiger partial charge in [0.2, 0.25) is 65.0 Å². The van der Waals surface area contributed by atoms with E-state index in [1.807, 2.05) is 65.0 Å². The van der Waals surface area contributed by atoms with Gasteiger partial charge in [-0.3, -0.25) is 52.7 Å². The van der Waals surface area contributed by atoms with Crippen LogP contribution in [0.1, 0.15) is 97.8 Å². The predicted octanol–water partition coefficient (Wildman–Crippen LogP) is 4.18. The SMILES string of the molecule is CC[C@H](C)[C@@H]1NC(=O)[C@H](C)N(C)C(=O)C[C@@H](C)NC(=O)[C@H](CC(C)C)N(C)C(=O)[C@H](Cc2ccccc2)N(C)C(=O)[C@H](CC(C)C)NC(=O)[C@H](Cc2cccc(I)c2)NC(=O)CN(C)C(=O)[C@H](Cc2ccc(Cl)cc2)N(C)C(=O)CN(C)C(=O)CN(C)C1=O. The molecule has 1 fully saturated rings. The molecule has 3 aromatic rings. The van der Waals surface area contributed by atoms with E-state index in [1.165, 1.54) is 75.9 Å². The number of benzene rings is 3. The van der Waals surface area contributed by atoms with E-state index in [1.54, 1.807) is 62.4 Å². The Morgan fingerprint density at radius 3 is 1.63 bits per heavy atom. The number of halogens is 2. The number of hydrogen-bond acceptors (Lipinski definition) is 11. The van der Waals surface area contributed by atoms with Crippen LogP contribution in [0.5, 0.6) is 0 Å². The fourth-order valence-electron chi connectivity index (χ4n) is 10.4. The second-order valence-corrected chi connectivity index (χ2v) is 26.2. The van der Waals surface area contributed by atoms with Gasteiger partial charge in [0, 0.05) is 89.7 Å². The van der Waals surface area contributed by atoms with Crippen LogP contribution in [0.15, 0.2) is 78.9 Å². The fraction of sp³-hybridized carbons (Fsp3) is 0.554. The minimum Gasteiger partial charge on any atom is -0.351 e. The first-order valence-electron chi connectivity index (χ1n) is 30.3. The molecule has 11 amide bonds. The molecule has 0 spiro atoms. The van der Waals surface area contributed by atoms with Crippen LogP contribution in [0.25, 0.3) is 0 Å². The van der Waals surface area contributed by atoms with E-state index in [4.69, 9.17) is 11.6 Å². The van der Waals surface area contributed by atoms with Crippen LogP contribution in [0.4, 0.5) is 0 Å². The van der Waals surface area contributed by atoms with Crippen molar-refractivity contribution >= 4 is 99.2 Å². The van der Waals surface area contributed by atoms with Crippen molar-refractivity contribution < 1.29 is 52.7 Å². The molecule has 1 saturated heterocycles. The zero-order chi connectivity index (χ0) is 66.7. The molecule has 0 saturated carbocycles. The van der Waals surface area contributed by atoms with Gasteiger partial charge < -0.3 is 55.6 Å². The van der Waals surface area contributed by atoms with Gasteiger partial charge in [-0.25, -0.2) is 0 Å². The van der Waals surface area contributed by atoms with Crippen molar-refractivity contribution in [3.05, 3.63) is 104 Å². The van der Waals surface area contributed by atoms with Crippen LogP contribution in [0, 0.1) is 21.3 Å². The van der Waals surface area contributed by atoms with E-state index >= 15 is 9.59 Å². The van der Waals surface area contributed by atoms with Crippen LogP contribution < -0.4 is 21.3 Å². The van der Waals surface area contributed by atoms with Gasteiger partial charge in [-0.15, -0.1) is 0 Å². The van der Waals surface area contributed by atoms with Crippen molar-refractivity contribution in [3.63, 3.8) is 0 Å². The first-order valence-corrected chi connectivity index (χ1v) is 31.7. The third-order valence-corrected chi connectivity index (χ3v) is 17.2. The maximum absolute atomic E-state index is 15.2. The second-order valence-electron chi connectivity index (χ2n) is 24.5. The van der Waals surface area contributed by atoms with Gasteiger partial charge in [-0.2, -0.15) is 0 Å². The van der Waals surface area contributed by atoms with Crippen molar-refractivity contribution in [2.45, 2.75) is 149 Å². The summed E-state index contributed by atoms with van der Waals surface area (Å²) in [5, 5.41) is 11.9. The summed E-state index contributed by atoms with van der Waals surface area (Å²) in [5.74, 6) is -7.67. The molecule has 488 valence electrons. The first-order chi connectivity index (χ1) is 41.7. The highest BCUT2D eigenvalue weighted by Crippen LogP contribution is 2.22. The van der Waals surface area contributed by atoms with E-state index in [0.29, 0.717) is 28.1 Å². The molecule has 0 unspecified atom stereocenters. The van der Waals surface area contributed by atoms with Crippen LogP contribution >= 0.6 is 34.2 Å². The summed E-state index contributed by atoms with van der Waals surface area (Å²) < 4.78 is 0.852. The van der Waals surface area contributed by atoms with E-state index in [2.05, 4.69) is 43.9 Å². The first kappa shape index (κ1) is 74.3. The van der Waals surface area contributed by atoms with Gasteiger partial charge in [0.15, 0.2) is 0 Å². The molecule has 4 rings (SSSR count). The van der Waals surface area contributed by atoms with Gasteiger partial charge in [-0.1, -0.05) is 114 Å². The quantitative estimate of drug-likeness (QED) is 0.187. The number of carbonyl (C=O) groups is 11. The van der Waals surface area contributed by atoms with Gasteiger partial charge in [-0.05, 0) is 108 Å². The molecule has 0 aromatic heterocycles. The summed E-state index contributed by atoms with van der Waals surface area (Å²) in [6.45, 7) is 12.6. The number of carbonyl (C=O) groups excluding carboxylic acids is 11. The molecule has 1 heterocycles. The van der Waals surface area contributed by atoms with Crippen molar-refractivity contribution in [2.75, 3.05) is 69.0 Å². The summed E-state index contributed by atoms with van der Waals surface area (Å²) in [6, 6.07) is 13.9. The molecular weight excluding hydrogens is 1270 g/mol. The molecular formula is C65H93ClIN11O11. The Hall–Kier alpha value is -7.15. The molecule has 9 atom stereocenters. The number of likely N-dealkylation sites (N-methyl/N-ethyl adjacent to an activating group) is 7. The number of amides is 11. The minimum absolute atomic E-state index is 0.0232. The Morgan fingerprint density at radius 2 is 1.04 bits per heavy atom. The van der Waals surface area contributed by atoms with E-state index < -0.39 is 139 Å². The standard InChI is InChI=1S/C65H93ClIN11O11/c1-16-41(6)58-65(89)74(11)37-56(81)72(9)38-57(82)76(13)52(35-45-25-27-47(66)28-26-45)63(87)73(10)36-54(79)69-49(33-46-23-20-24-48(67)32-46)60(84)70-50(29-39(2)3)62(86)78(15)53(34-44-21-18-17-19-22-44)64(88)77(14)51(30-40(4)5)61(85)68-42(7)31-55(80)75(12)43(8)59(83)71-58/h17-28,32,39-43,49-53,58H,16,29-31,33-38H2,1-15H3,(H,68,85)(H,69,79)(H,70,84)(H,71,83)/t41-,42+,43-,49-,50-,51-,52-,53-,58-/m0/s1. The minimum atomic E-state index is -1.30. The smallest absolute Gasteiger partial charge is 0.246 e. The number of hydrogen-bond donors (Lipinski definition) is 4. The van der Waals surface area contributed by atoms with E-state index in [9.17, 15) is 43.2 Å². The lowest BCUT2D eigenvalue weighted by Gasteiger charge is -2.37. The van der Waals surface area contributed by atoms with E-state index in [-0.39, 0.29) is 50.4 Å². The van der Waals surface area contributed by atoms with Gasteiger partial charge >= 0.3 is 0 Å². The predicted molar refractivity (Wildman–Crippen MR) is 349 cm³/mol. The summed E-state index contributed by atoms with van der Waals surface area (Å²) in [6.07, 6.45) is 0.458. The van der Waals surface area contributed by atoms with Crippen LogP contribution in [0.3, 0.4) is 0 Å². The fourth-order valence-corrected chi connectivity index (χ4v) is 11.1. The molecule has 0 aliphatic carbocycles. The third-order valence-electron chi connectivity index (χ3n) is 16.3. The lowest BCUT2D eigenvalue weighted by molar-refractivity contribution is -0.149. The molecule has 0 radical (unpaired) electrons. The summed E-state index contributed by atoms with van der Waals surface area (Å²) in [4.78, 5) is 167. The Morgan fingerprint density at radius 1 is 0.494 bits per heavy atom. The van der Waals surface area contributed by atoms with Gasteiger partial charge in [0.05, 0.1) is 19.6 Å². The Kier molecular flexibility index (Phi) is 29.0. The summed E-state index contributed by atoms with van der Waals surface area (Å²) >= 11 is 8.36. The number of nitrogens with zero attached hydrogens (tertiary/aromatic N) is 7. The number of nitrogens with one attached hydrogen (secondary N) is 4. The highest BCUT2D eigenvalue weighted by Gasteiger charge is 2.40. The molecule has 1 aliphatic heterocycles. The highest BCUT2D eigenvalue weighted by atomic mass is 127. The van der Waals surface area contributed by atoms with Crippen molar-refractivity contribution in [3.8, 4) is 0 Å². The van der Waals surface area contributed by atoms with Crippen molar-refractivity contribution in [1.82, 2.24) is 55.6 Å². The Bertz CT molecular complexity index is 2970. The zero-order valence-corrected chi connectivity index (χ0v) is 57.2. The number of rotatable bonds is 12. The molecule has 89 heavy (non-hydrogen) atoms. The molecule has 22 nitrogen and oxygen atoms in total. The van der Waals surface area contributed by atoms with Crippen LogP contribution in [-0.4, -0.2) is 217 Å². The largest absolute Gasteiger partial charge is 0.351 e. The maximum atomic E-state index is 15.2. The average molecular weight is 1370 g/mol. The Balaban J connectivity index is 1.84. The Labute approximate surface area is 544 Å². The molecule has 3 aromatic carbocycles. The second kappa shape index (κ2) is 34.7. The molecule has 0 bridgehead atoms. The lowest BCUT2D eigenvalue weighted by Crippen LogP contribution is -2.60. The van der Waals surface area contributed by atoms with Crippen molar-refractivity contribution in [2.24, 2.45) is 17.8 Å². The molecule has 24 heteroatoms. The van der Waals surface area contributed by atoms with Crippen molar-refractivity contribution in [1.29, 1.82) is 0 Å². The van der Waals surface area contributed by atoms with Gasteiger partial charge in [0.1, 0.15) is 42.3 Å². The maximum Gasteiger partial charge on any atom is 0.246 e. The average Bonchev–Trinajstić information content (AvgIpc) is 2.44. The molecule has 1 aliphatic rings. The molecule has 4 N–H and O–H groups in total. The monoisotopic (exact) mass is 1370 g/mol. The summed E-state index contributed by atoms with van der Waals surface area (Å²) in [7, 11) is 9.94. The highest BCUT2D eigenvalue weighted by molar-refractivity contribution is 14.1. The van der Waals surface area contributed by atoms with E-state index in [0.717, 1.165) is 18.3 Å². The zero-order valence-electron chi connectivity index (χ0n) is 54.3. The van der Waals surface area contributed by atoms with Gasteiger partial charge in [0.25, 0.3) is 0 Å². The van der Waals surface area contributed by atoms with Crippen LogP contribution in [-0.2, 0) is 72.0 Å². The summed E-state index contributed by atoms with van der Waals surface area (Å²) in [5.41, 5.74) is 2.00. The third kappa shape index (κ3) is 22.1.